The quantitative estimate of drug-likeness (QED) is 0.522. The number of nitrogens with one attached hydrogen (secondary N) is 1. The molecule has 0 aromatic rings. The first-order chi connectivity index (χ1) is 7.26. The highest BCUT2D eigenvalue weighted by Crippen LogP contribution is 2.35. The number of nitrogens with two attached hydrogens (primary N) is 1. The van der Waals surface area contributed by atoms with Gasteiger partial charge in [-0.15, -0.1) is 0 Å². The van der Waals surface area contributed by atoms with E-state index in [1.54, 1.807) is 0 Å². The van der Waals surface area contributed by atoms with Gasteiger partial charge in [0.05, 0.1) is 0 Å². The van der Waals surface area contributed by atoms with Gasteiger partial charge in [-0.05, 0) is 45.1 Å². The smallest absolute Gasteiger partial charge is 0.0306 e. The molecule has 1 aliphatic rings. The van der Waals surface area contributed by atoms with Gasteiger partial charge < -0.3 is 11.1 Å². The van der Waals surface area contributed by atoms with Gasteiger partial charge in [0.25, 0.3) is 0 Å². The van der Waals surface area contributed by atoms with E-state index in [0.717, 1.165) is 25.4 Å². The fourth-order valence-corrected chi connectivity index (χ4v) is 2.59. The molecule has 2 nitrogen and oxygen atoms in total. The molecular weight excluding hydrogens is 184 g/mol. The van der Waals surface area contributed by atoms with Crippen LogP contribution in [0.25, 0.3) is 0 Å². The second-order valence-corrected chi connectivity index (χ2v) is 4.79. The highest BCUT2D eigenvalue weighted by Gasteiger charge is 2.36. The van der Waals surface area contributed by atoms with Crippen molar-refractivity contribution in [3.8, 4) is 0 Å². The van der Waals surface area contributed by atoms with Crippen LogP contribution in [-0.2, 0) is 0 Å². The molecule has 0 aromatic carbocycles. The lowest BCUT2D eigenvalue weighted by Crippen LogP contribution is -2.49. The van der Waals surface area contributed by atoms with Crippen LogP contribution in [0.3, 0.4) is 0 Å². The predicted octanol–water partition coefficient (Wildman–Crippen LogP) is 2.45. The van der Waals surface area contributed by atoms with Crippen LogP contribution in [0.1, 0.15) is 46.0 Å². The molecule has 1 saturated carbocycles. The minimum atomic E-state index is 0.252. The zero-order valence-corrected chi connectivity index (χ0v) is 10.3. The van der Waals surface area contributed by atoms with E-state index in [2.05, 4.69) is 31.3 Å². The molecule has 0 radical (unpaired) electrons. The lowest BCUT2D eigenvalue weighted by molar-refractivity contribution is 0.329. The molecule has 15 heavy (non-hydrogen) atoms. The Morgan fingerprint density at radius 2 is 2.33 bits per heavy atom. The van der Waals surface area contributed by atoms with E-state index < -0.39 is 0 Å². The fraction of sp³-hybridized carbons (Fsp3) is 0.846. The monoisotopic (exact) mass is 210 g/mol. The first-order valence-electron chi connectivity index (χ1n) is 6.32. The van der Waals surface area contributed by atoms with Gasteiger partial charge in [-0.3, -0.25) is 0 Å². The van der Waals surface area contributed by atoms with E-state index in [9.17, 15) is 0 Å². The van der Waals surface area contributed by atoms with Crippen LogP contribution < -0.4 is 11.1 Å². The van der Waals surface area contributed by atoms with Crippen LogP contribution in [0, 0.1) is 5.92 Å². The van der Waals surface area contributed by atoms with Gasteiger partial charge in [-0.1, -0.05) is 25.5 Å². The average Bonchev–Trinajstić information content (AvgIpc) is 2.69. The molecule has 0 amide bonds. The Bertz CT molecular complexity index is 201. The van der Waals surface area contributed by atoms with Crippen LogP contribution in [0.15, 0.2) is 12.2 Å². The molecule has 0 saturated heterocycles. The summed E-state index contributed by atoms with van der Waals surface area (Å²) in [6.45, 7) is 6.22. The van der Waals surface area contributed by atoms with Gasteiger partial charge in [0.2, 0.25) is 0 Å². The zero-order chi connectivity index (χ0) is 11.1. The molecular formula is C13H26N2. The minimum Gasteiger partial charge on any atom is -0.329 e. The number of hydrogen-bond acceptors (Lipinski definition) is 2. The van der Waals surface area contributed by atoms with E-state index in [1.165, 1.54) is 25.7 Å². The van der Waals surface area contributed by atoms with Gasteiger partial charge in [0.1, 0.15) is 0 Å². The van der Waals surface area contributed by atoms with Crippen LogP contribution in [-0.4, -0.2) is 18.6 Å². The standard InChI is InChI=1S/C13H26N2/c1-3-5-6-9-15-13(11-14)8-7-12(4-2)10-13/h3,5,12,15H,4,6-11,14H2,1-2H3/b5-3+. The van der Waals surface area contributed by atoms with Gasteiger partial charge in [0, 0.05) is 12.1 Å². The maximum atomic E-state index is 5.92. The topological polar surface area (TPSA) is 38.0 Å². The summed E-state index contributed by atoms with van der Waals surface area (Å²) in [5, 5.41) is 3.67. The summed E-state index contributed by atoms with van der Waals surface area (Å²) in [5.74, 6) is 0.891. The van der Waals surface area contributed by atoms with Gasteiger partial charge >= 0.3 is 0 Å². The fourth-order valence-electron chi connectivity index (χ4n) is 2.59. The molecule has 0 heterocycles. The summed E-state index contributed by atoms with van der Waals surface area (Å²) in [6, 6.07) is 0. The maximum absolute atomic E-state index is 5.92. The van der Waals surface area contributed by atoms with Gasteiger partial charge in [-0.2, -0.15) is 0 Å². The molecule has 1 fully saturated rings. The average molecular weight is 210 g/mol. The van der Waals surface area contributed by atoms with Crippen LogP contribution in [0.4, 0.5) is 0 Å². The third kappa shape index (κ3) is 3.62. The predicted molar refractivity (Wildman–Crippen MR) is 66.9 cm³/mol. The minimum absolute atomic E-state index is 0.252. The van der Waals surface area contributed by atoms with E-state index in [-0.39, 0.29) is 5.54 Å². The summed E-state index contributed by atoms with van der Waals surface area (Å²) in [5.41, 5.74) is 6.17. The Morgan fingerprint density at radius 1 is 1.53 bits per heavy atom. The maximum Gasteiger partial charge on any atom is 0.0306 e. The molecule has 1 rings (SSSR count). The summed E-state index contributed by atoms with van der Waals surface area (Å²) in [6.07, 6.45) is 10.6. The largest absolute Gasteiger partial charge is 0.329 e. The third-order valence-electron chi connectivity index (χ3n) is 3.73. The van der Waals surface area contributed by atoms with Crippen molar-refractivity contribution in [1.29, 1.82) is 0 Å². The van der Waals surface area contributed by atoms with Crippen LogP contribution in [0.2, 0.25) is 0 Å². The van der Waals surface area contributed by atoms with Crippen molar-refractivity contribution in [3.05, 3.63) is 12.2 Å². The van der Waals surface area contributed by atoms with Crippen LogP contribution in [0.5, 0.6) is 0 Å². The molecule has 88 valence electrons. The van der Waals surface area contributed by atoms with Crippen molar-refractivity contribution in [2.24, 2.45) is 11.7 Å². The lowest BCUT2D eigenvalue weighted by Gasteiger charge is -2.29. The first-order valence-corrected chi connectivity index (χ1v) is 6.32. The Labute approximate surface area is 94.3 Å². The zero-order valence-electron chi connectivity index (χ0n) is 10.3. The lowest BCUT2D eigenvalue weighted by atomic mass is 9.95. The van der Waals surface area contributed by atoms with E-state index in [0.29, 0.717) is 0 Å². The van der Waals surface area contributed by atoms with Crippen molar-refractivity contribution in [2.45, 2.75) is 51.5 Å². The second kappa shape index (κ2) is 6.29. The molecule has 2 atom stereocenters. The summed E-state index contributed by atoms with van der Waals surface area (Å²) >= 11 is 0. The molecule has 0 aromatic heterocycles. The molecule has 0 bridgehead atoms. The Balaban J connectivity index is 2.34. The molecule has 2 heteroatoms. The highest BCUT2D eigenvalue weighted by molar-refractivity contribution is 4.97. The summed E-state index contributed by atoms with van der Waals surface area (Å²) in [7, 11) is 0. The van der Waals surface area contributed by atoms with E-state index in [1.807, 2.05) is 0 Å². The Kier molecular flexibility index (Phi) is 5.34. The number of allylic oxidation sites excluding steroid dienone is 1. The summed E-state index contributed by atoms with van der Waals surface area (Å²) in [4.78, 5) is 0. The highest BCUT2D eigenvalue weighted by atomic mass is 15.0. The van der Waals surface area contributed by atoms with Crippen LogP contribution >= 0.6 is 0 Å². The SMILES string of the molecule is C/C=C/CCNC1(CN)CCC(CC)C1. The molecule has 0 spiro atoms. The van der Waals surface area contributed by atoms with Gasteiger partial charge in [0.15, 0.2) is 0 Å². The summed E-state index contributed by atoms with van der Waals surface area (Å²) < 4.78 is 0. The van der Waals surface area contributed by atoms with Crippen molar-refractivity contribution in [2.75, 3.05) is 13.1 Å². The van der Waals surface area contributed by atoms with E-state index in [4.69, 9.17) is 5.73 Å². The van der Waals surface area contributed by atoms with Crippen molar-refractivity contribution >= 4 is 0 Å². The second-order valence-electron chi connectivity index (χ2n) is 4.79. The number of hydrogen-bond donors (Lipinski definition) is 2. The number of rotatable bonds is 6. The molecule has 0 aliphatic heterocycles. The molecule has 3 N–H and O–H groups in total. The molecule has 2 unspecified atom stereocenters. The third-order valence-corrected chi connectivity index (χ3v) is 3.73. The Morgan fingerprint density at radius 3 is 2.87 bits per heavy atom. The molecule has 1 aliphatic carbocycles. The van der Waals surface area contributed by atoms with Crippen molar-refractivity contribution in [3.63, 3.8) is 0 Å². The first kappa shape index (κ1) is 12.7. The van der Waals surface area contributed by atoms with E-state index >= 15 is 0 Å². The normalized spacial score (nSPS) is 31.5. The van der Waals surface area contributed by atoms with Crippen molar-refractivity contribution in [1.82, 2.24) is 5.32 Å². The van der Waals surface area contributed by atoms with Gasteiger partial charge in [-0.25, -0.2) is 0 Å². The van der Waals surface area contributed by atoms with Crippen molar-refractivity contribution < 1.29 is 0 Å². The Hall–Kier alpha value is -0.340.